The van der Waals surface area contributed by atoms with Gasteiger partial charge in [-0.3, -0.25) is 14.7 Å². The van der Waals surface area contributed by atoms with Crippen LogP contribution in [0.4, 0.5) is 32.0 Å². The number of para-hydroxylation sites is 1. The fourth-order valence-electron chi connectivity index (χ4n) is 3.77. The van der Waals surface area contributed by atoms with Crippen molar-refractivity contribution < 1.29 is 55.7 Å². The summed E-state index contributed by atoms with van der Waals surface area (Å²) in [5, 5.41) is 14.2. The van der Waals surface area contributed by atoms with Crippen molar-refractivity contribution in [2.45, 2.75) is 31.4 Å². The molecule has 3 heterocycles. The smallest absolute Gasteiger partial charge is 0.475 e. The molecule has 2 fully saturated rings. The molecule has 2 aliphatic rings. The molecule has 0 aliphatic carbocycles. The summed E-state index contributed by atoms with van der Waals surface area (Å²) < 4.78 is 69.5. The number of halogens is 6. The lowest BCUT2D eigenvalue weighted by Gasteiger charge is -2.37. The van der Waals surface area contributed by atoms with Crippen molar-refractivity contribution in [3.63, 3.8) is 0 Å². The van der Waals surface area contributed by atoms with Crippen molar-refractivity contribution in [3.05, 3.63) is 60.4 Å². The van der Waals surface area contributed by atoms with Gasteiger partial charge in [0.1, 0.15) is 0 Å². The van der Waals surface area contributed by atoms with E-state index < -0.39 is 24.3 Å². The summed E-state index contributed by atoms with van der Waals surface area (Å²) in [4.78, 5) is 39.5. The Bertz CT molecular complexity index is 1060. The maximum absolute atomic E-state index is 13.1. The number of ether oxygens (including phenoxy) is 1. The van der Waals surface area contributed by atoms with Crippen molar-refractivity contribution in [1.29, 1.82) is 0 Å². The zero-order valence-corrected chi connectivity index (χ0v) is 20.2. The number of benzene rings is 1. The van der Waals surface area contributed by atoms with Crippen LogP contribution in [0, 0.1) is 5.92 Å². The van der Waals surface area contributed by atoms with Crippen LogP contribution in [0.2, 0.25) is 0 Å². The molecule has 214 valence electrons. The van der Waals surface area contributed by atoms with Gasteiger partial charge in [0.2, 0.25) is 5.91 Å². The molecule has 2 atom stereocenters. The van der Waals surface area contributed by atoms with Gasteiger partial charge in [0.05, 0.1) is 24.3 Å². The molecule has 0 bridgehead atoms. The number of aliphatic carboxylic acids is 2. The van der Waals surface area contributed by atoms with Crippen LogP contribution in [0.25, 0.3) is 0 Å². The number of carbonyl (C=O) groups excluding carboxylic acids is 1. The average molecular weight is 565 g/mol. The van der Waals surface area contributed by atoms with Crippen molar-refractivity contribution in [3.8, 4) is 0 Å². The molecule has 2 N–H and O–H groups in total. The number of anilines is 1. The van der Waals surface area contributed by atoms with Crippen molar-refractivity contribution in [2.24, 2.45) is 5.92 Å². The van der Waals surface area contributed by atoms with Crippen LogP contribution in [-0.4, -0.2) is 82.6 Å². The number of piperidine rings is 1. The Morgan fingerprint density at radius 3 is 2.00 bits per heavy atom. The van der Waals surface area contributed by atoms with Crippen LogP contribution in [0.15, 0.2) is 54.7 Å². The summed E-state index contributed by atoms with van der Waals surface area (Å²) in [5.74, 6) is -5.37. The molecule has 39 heavy (non-hydrogen) atoms. The molecular weight excluding hydrogens is 540 g/mol. The van der Waals surface area contributed by atoms with E-state index in [1.807, 2.05) is 59.6 Å². The SMILES string of the molecule is O=C(O)C(F)(F)F.O=C(O)C(F)(F)F.O=C1[C@@H]2CCN(Cc3ccccn3)C[C@@H]2OCCN1c1ccccc1. The normalized spacial score (nSPS) is 19.8. The van der Waals surface area contributed by atoms with Gasteiger partial charge in [0.15, 0.2) is 0 Å². The third-order valence-corrected chi connectivity index (χ3v) is 5.54. The highest BCUT2D eigenvalue weighted by atomic mass is 19.4. The number of hydrogen-bond donors (Lipinski definition) is 2. The third kappa shape index (κ3) is 10.2. The second-order valence-electron chi connectivity index (χ2n) is 8.29. The molecule has 2 aliphatic heterocycles. The molecule has 4 rings (SSSR count). The molecule has 0 unspecified atom stereocenters. The highest BCUT2D eigenvalue weighted by Crippen LogP contribution is 2.28. The Hall–Kier alpha value is -3.72. The van der Waals surface area contributed by atoms with Gasteiger partial charge in [-0.05, 0) is 37.2 Å². The van der Waals surface area contributed by atoms with Crippen molar-refractivity contribution in [2.75, 3.05) is 31.1 Å². The largest absolute Gasteiger partial charge is 0.490 e. The number of aromatic nitrogens is 1. The fraction of sp³-hybridized carbons (Fsp3) is 0.417. The second-order valence-corrected chi connectivity index (χ2v) is 8.29. The van der Waals surface area contributed by atoms with E-state index in [-0.39, 0.29) is 17.9 Å². The number of nitrogens with zero attached hydrogens (tertiary/aromatic N) is 3. The van der Waals surface area contributed by atoms with Gasteiger partial charge in [-0.1, -0.05) is 24.3 Å². The van der Waals surface area contributed by atoms with Gasteiger partial charge in [0.25, 0.3) is 0 Å². The van der Waals surface area contributed by atoms with Gasteiger partial charge >= 0.3 is 24.3 Å². The number of fused-ring (bicyclic) bond motifs is 1. The standard InChI is InChI=1S/C20H23N3O2.2C2HF3O2/c24-20-18-9-11-22(14-16-6-4-5-10-21-16)15-19(18)25-13-12-23(20)17-7-2-1-3-8-17;2*3-2(4,5)1(6)7/h1-8,10,18-19H,9,11-15H2;2*(H,6,7)/t18-,19+;;/m1../s1. The number of likely N-dealkylation sites (tertiary alicyclic amines) is 1. The molecule has 0 radical (unpaired) electrons. The minimum absolute atomic E-state index is 0.0290. The molecule has 2 aromatic rings. The maximum Gasteiger partial charge on any atom is 0.490 e. The summed E-state index contributed by atoms with van der Waals surface area (Å²) in [6, 6.07) is 15.9. The molecule has 0 saturated carbocycles. The molecule has 2 saturated heterocycles. The van der Waals surface area contributed by atoms with E-state index in [4.69, 9.17) is 24.5 Å². The van der Waals surface area contributed by atoms with E-state index >= 15 is 0 Å². The highest BCUT2D eigenvalue weighted by Gasteiger charge is 2.40. The zero-order valence-electron chi connectivity index (χ0n) is 20.2. The number of carbonyl (C=O) groups is 3. The molecule has 0 spiro atoms. The van der Waals surface area contributed by atoms with E-state index in [1.54, 1.807) is 0 Å². The number of alkyl halides is 6. The quantitative estimate of drug-likeness (QED) is 0.542. The number of amides is 1. The first-order valence-electron chi connectivity index (χ1n) is 11.4. The lowest BCUT2D eigenvalue weighted by atomic mass is 9.92. The predicted molar refractivity (Wildman–Crippen MR) is 124 cm³/mol. The molecule has 15 heteroatoms. The van der Waals surface area contributed by atoms with E-state index in [0.717, 1.165) is 37.4 Å². The lowest BCUT2D eigenvalue weighted by Crippen LogP contribution is -2.49. The Balaban J connectivity index is 0.000000317. The fourth-order valence-corrected chi connectivity index (χ4v) is 3.77. The van der Waals surface area contributed by atoms with Gasteiger partial charge in [-0.15, -0.1) is 0 Å². The van der Waals surface area contributed by atoms with Crippen LogP contribution in [0.1, 0.15) is 12.1 Å². The van der Waals surface area contributed by atoms with Gasteiger partial charge in [-0.25, -0.2) is 9.59 Å². The summed E-state index contributed by atoms with van der Waals surface area (Å²) in [5.41, 5.74) is 2.03. The monoisotopic (exact) mass is 565 g/mol. The number of pyridine rings is 1. The molecular formula is C24H25F6N3O6. The first-order valence-corrected chi connectivity index (χ1v) is 11.4. The van der Waals surface area contributed by atoms with Crippen LogP contribution < -0.4 is 4.90 Å². The Labute approximate surface area is 218 Å². The van der Waals surface area contributed by atoms with E-state index in [9.17, 15) is 31.1 Å². The summed E-state index contributed by atoms with van der Waals surface area (Å²) in [6.07, 6.45) is -7.54. The maximum atomic E-state index is 13.1. The second kappa shape index (κ2) is 13.9. The first kappa shape index (κ1) is 31.5. The Morgan fingerprint density at radius 1 is 0.923 bits per heavy atom. The average Bonchev–Trinajstić information content (AvgIpc) is 3.03. The van der Waals surface area contributed by atoms with Gasteiger partial charge < -0.3 is 19.8 Å². The van der Waals surface area contributed by atoms with E-state index in [1.165, 1.54) is 0 Å². The molecule has 1 aromatic carbocycles. The first-order chi connectivity index (χ1) is 18.2. The summed E-state index contributed by atoms with van der Waals surface area (Å²) in [7, 11) is 0. The minimum atomic E-state index is -5.08. The highest BCUT2D eigenvalue weighted by molar-refractivity contribution is 5.95. The van der Waals surface area contributed by atoms with Crippen LogP contribution in [-0.2, 0) is 25.7 Å². The van der Waals surface area contributed by atoms with Crippen LogP contribution in [0.3, 0.4) is 0 Å². The van der Waals surface area contributed by atoms with Crippen molar-refractivity contribution in [1.82, 2.24) is 9.88 Å². The zero-order chi connectivity index (χ0) is 29.2. The Kier molecular flexibility index (Phi) is 11.2. The molecule has 9 nitrogen and oxygen atoms in total. The van der Waals surface area contributed by atoms with E-state index in [2.05, 4.69) is 9.88 Å². The van der Waals surface area contributed by atoms with Gasteiger partial charge in [-0.2, -0.15) is 26.3 Å². The minimum Gasteiger partial charge on any atom is -0.475 e. The van der Waals surface area contributed by atoms with Crippen LogP contribution in [0.5, 0.6) is 0 Å². The van der Waals surface area contributed by atoms with E-state index in [0.29, 0.717) is 13.2 Å². The summed E-state index contributed by atoms with van der Waals surface area (Å²) in [6.45, 7) is 3.70. The van der Waals surface area contributed by atoms with Crippen LogP contribution >= 0.6 is 0 Å². The number of carboxylic acids is 2. The third-order valence-electron chi connectivity index (χ3n) is 5.54. The Morgan fingerprint density at radius 2 is 1.49 bits per heavy atom. The number of rotatable bonds is 3. The summed E-state index contributed by atoms with van der Waals surface area (Å²) >= 11 is 0. The van der Waals surface area contributed by atoms with Crippen molar-refractivity contribution >= 4 is 23.5 Å². The van der Waals surface area contributed by atoms with Gasteiger partial charge in [0, 0.05) is 31.5 Å². The molecule has 1 amide bonds. The molecule has 1 aromatic heterocycles. The number of carboxylic acid groups (broad SMARTS) is 2. The number of hydrogen-bond acceptors (Lipinski definition) is 6. The lowest BCUT2D eigenvalue weighted by molar-refractivity contribution is -0.193. The topological polar surface area (TPSA) is 120 Å². The predicted octanol–water partition coefficient (Wildman–Crippen LogP) is 3.60.